The summed E-state index contributed by atoms with van der Waals surface area (Å²) in [5, 5.41) is 13.7. The highest BCUT2D eigenvalue weighted by molar-refractivity contribution is 6.31. The maximum Gasteiger partial charge on any atom is 0.126 e. The molecule has 5 heteroatoms. The minimum atomic E-state index is -0.141. The molecule has 0 amide bonds. The lowest BCUT2D eigenvalue weighted by molar-refractivity contribution is 0.284. The van der Waals surface area contributed by atoms with Gasteiger partial charge in [-0.25, -0.2) is 0 Å². The fraction of sp³-hybridized carbons (Fsp3) is 0.286. The summed E-state index contributed by atoms with van der Waals surface area (Å²) in [5.41, 5.74) is 7.24. The van der Waals surface area contributed by atoms with Crippen LogP contribution >= 0.6 is 11.6 Å². The van der Waals surface area contributed by atoms with Crippen molar-refractivity contribution in [2.24, 2.45) is 0 Å². The summed E-state index contributed by atoms with van der Waals surface area (Å²) < 4.78 is 12.0. The summed E-state index contributed by atoms with van der Waals surface area (Å²) >= 11 is 6.38. The van der Waals surface area contributed by atoms with Gasteiger partial charge in [-0.15, -0.1) is 0 Å². The average molecular weight is 464 g/mol. The van der Waals surface area contributed by atoms with Crippen LogP contribution in [0, 0.1) is 0 Å². The molecule has 4 nitrogen and oxygen atoms in total. The Morgan fingerprint density at radius 2 is 1.79 bits per heavy atom. The van der Waals surface area contributed by atoms with Gasteiger partial charge in [0.15, 0.2) is 0 Å². The Balaban J connectivity index is 1.86. The molecule has 1 aliphatic heterocycles. The van der Waals surface area contributed by atoms with Crippen LogP contribution in [0.15, 0.2) is 60.7 Å². The molecule has 3 aromatic rings. The topological polar surface area (TPSA) is 50.7 Å². The second-order valence-electron chi connectivity index (χ2n) is 8.90. The van der Waals surface area contributed by atoms with E-state index in [1.807, 2.05) is 42.5 Å². The lowest BCUT2D eigenvalue weighted by Gasteiger charge is -2.33. The first kappa shape index (κ1) is 23.2. The molecule has 0 aromatic heterocycles. The second kappa shape index (κ2) is 9.50. The number of rotatable bonds is 7. The molecule has 0 aliphatic carbocycles. The van der Waals surface area contributed by atoms with Crippen LogP contribution in [0.5, 0.6) is 11.5 Å². The number of methoxy groups -OCH3 is 1. The van der Waals surface area contributed by atoms with Gasteiger partial charge in [0.25, 0.3) is 0 Å². The first-order valence-electron chi connectivity index (χ1n) is 11.1. The summed E-state index contributed by atoms with van der Waals surface area (Å²) in [6, 6.07) is 17.7. The van der Waals surface area contributed by atoms with E-state index in [0.29, 0.717) is 18.1 Å². The van der Waals surface area contributed by atoms with Crippen LogP contribution in [0.2, 0.25) is 5.02 Å². The van der Waals surface area contributed by atoms with E-state index in [9.17, 15) is 5.11 Å². The van der Waals surface area contributed by atoms with Crippen molar-refractivity contribution in [1.82, 2.24) is 0 Å². The minimum Gasteiger partial charge on any atom is -0.496 e. The fourth-order valence-corrected chi connectivity index (χ4v) is 4.79. The molecule has 0 bridgehead atoms. The predicted octanol–water partition coefficient (Wildman–Crippen LogP) is 6.74. The van der Waals surface area contributed by atoms with Crippen molar-refractivity contribution in [3.8, 4) is 22.6 Å². The van der Waals surface area contributed by atoms with Gasteiger partial charge < -0.3 is 19.9 Å². The largest absolute Gasteiger partial charge is 0.496 e. The molecule has 172 valence electrons. The van der Waals surface area contributed by atoms with E-state index in [1.165, 1.54) is 5.57 Å². The number of hydrogen-bond donors (Lipinski definition) is 2. The van der Waals surface area contributed by atoms with Crippen molar-refractivity contribution in [2.45, 2.75) is 39.3 Å². The molecule has 3 aromatic carbocycles. The number of aliphatic hydroxyl groups is 1. The molecule has 0 atom stereocenters. The van der Waals surface area contributed by atoms with Gasteiger partial charge in [0.1, 0.15) is 18.1 Å². The van der Waals surface area contributed by atoms with Crippen molar-refractivity contribution in [3.63, 3.8) is 0 Å². The summed E-state index contributed by atoms with van der Waals surface area (Å²) in [5.74, 6) is 1.53. The summed E-state index contributed by atoms with van der Waals surface area (Å²) in [4.78, 5) is 0. The second-order valence-corrected chi connectivity index (χ2v) is 9.34. The number of hydrogen-bond acceptors (Lipinski definition) is 4. The van der Waals surface area contributed by atoms with Crippen LogP contribution in [-0.2, 0) is 13.0 Å². The number of nitrogens with one attached hydrogen (secondary N) is 1. The third kappa shape index (κ3) is 4.87. The molecule has 0 unspecified atom stereocenters. The standard InChI is InChI=1S/C28H30ClNO3/c1-18-16-28(2,3)30-24-11-10-21(22-15-20(29)9-12-26(22)32-4)23(27(18)24)17-33-25-8-6-5-7-19(25)13-14-31/h5-12,15-16,30-31H,13-14,17H2,1-4H3. The van der Waals surface area contributed by atoms with Crippen LogP contribution in [-0.4, -0.2) is 24.4 Å². The molecule has 0 saturated carbocycles. The molecule has 0 fully saturated rings. The predicted molar refractivity (Wildman–Crippen MR) is 136 cm³/mol. The number of halogens is 1. The monoisotopic (exact) mass is 463 g/mol. The van der Waals surface area contributed by atoms with E-state index >= 15 is 0 Å². The maximum atomic E-state index is 9.45. The van der Waals surface area contributed by atoms with E-state index in [0.717, 1.165) is 45.0 Å². The van der Waals surface area contributed by atoms with E-state index in [2.05, 4.69) is 44.3 Å². The van der Waals surface area contributed by atoms with E-state index < -0.39 is 0 Å². The van der Waals surface area contributed by atoms with Gasteiger partial charge in [0.2, 0.25) is 0 Å². The molecular weight excluding hydrogens is 434 g/mol. The van der Waals surface area contributed by atoms with Crippen LogP contribution < -0.4 is 14.8 Å². The zero-order valence-electron chi connectivity index (χ0n) is 19.5. The van der Waals surface area contributed by atoms with E-state index in [4.69, 9.17) is 21.1 Å². The highest BCUT2D eigenvalue weighted by atomic mass is 35.5. The van der Waals surface area contributed by atoms with E-state index in [1.54, 1.807) is 7.11 Å². The number of fused-ring (bicyclic) bond motifs is 1. The smallest absolute Gasteiger partial charge is 0.126 e. The molecule has 2 N–H and O–H groups in total. The molecule has 1 heterocycles. The van der Waals surface area contributed by atoms with Gasteiger partial charge in [-0.3, -0.25) is 0 Å². The van der Waals surface area contributed by atoms with Gasteiger partial charge >= 0.3 is 0 Å². The Labute approximate surface area is 200 Å². The number of ether oxygens (including phenoxy) is 2. The van der Waals surface area contributed by atoms with Gasteiger partial charge in [-0.05, 0) is 74.2 Å². The molecular formula is C28H30ClNO3. The Hall–Kier alpha value is -2.95. The lowest BCUT2D eigenvalue weighted by Crippen LogP contribution is -2.32. The van der Waals surface area contributed by atoms with Gasteiger partial charge in [0, 0.05) is 34.0 Å². The Morgan fingerprint density at radius 3 is 2.55 bits per heavy atom. The molecule has 1 aliphatic rings. The van der Waals surface area contributed by atoms with Gasteiger partial charge in [-0.2, -0.15) is 0 Å². The van der Waals surface area contributed by atoms with Crippen molar-refractivity contribution >= 4 is 22.9 Å². The number of benzene rings is 3. The van der Waals surface area contributed by atoms with E-state index in [-0.39, 0.29) is 12.1 Å². The summed E-state index contributed by atoms with van der Waals surface area (Å²) in [6.07, 6.45) is 2.80. The molecule has 0 radical (unpaired) electrons. The van der Waals surface area contributed by atoms with Crippen LogP contribution in [0.1, 0.15) is 37.5 Å². The average Bonchev–Trinajstić information content (AvgIpc) is 2.77. The Bertz CT molecular complexity index is 1200. The zero-order chi connectivity index (χ0) is 23.6. The highest BCUT2D eigenvalue weighted by Crippen LogP contribution is 2.43. The summed E-state index contributed by atoms with van der Waals surface area (Å²) in [6.45, 7) is 6.91. The van der Waals surface area contributed by atoms with Gasteiger partial charge in [-0.1, -0.05) is 41.9 Å². The third-order valence-electron chi connectivity index (χ3n) is 5.92. The Kier molecular flexibility index (Phi) is 6.68. The number of allylic oxidation sites excluding steroid dienone is 1. The van der Waals surface area contributed by atoms with Crippen LogP contribution in [0.3, 0.4) is 0 Å². The minimum absolute atomic E-state index is 0.0763. The highest BCUT2D eigenvalue weighted by Gasteiger charge is 2.27. The zero-order valence-corrected chi connectivity index (χ0v) is 20.3. The summed E-state index contributed by atoms with van der Waals surface area (Å²) in [7, 11) is 1.67. The number of para-hydroxylation sites is 1. The third-order valence-corrected chi connectivity index (χ3v) is 6.15. The quantitative estimate of drug-likeness (QED) is 0.407. The first-order valence-corrected chi connectivity index (χ1v) is 11.5. The number of aliphatic hydroxyl groups excluding tert-OH is 1. The van der Waals surface area contributed by atoms with Crippen molar-refractivity contribution in [3.05, 3.63) is 82.4 Å². The molecule has 0 saturated heterocycles. The molecule has 0 spiro atoms. The Morgan fingerprint density at radius 1 is 1.00 bits per heavy atom. The fourth-order valence-electron chi connectivity index (χ4n) is 4.61. The molecule has 33 heavy (non-hydrogen) atoms. The van der Waals surface area contributed by atoms with Crippen molar-refractivity contribution < 1.29 is 14.6 Å². The van der Waals surface area contributed by atoms with Crippen LogP contribution in [0.25, 0.3) is 16.7 Å². The maximum absolute atomic E-state index is 9.45. The molecule has 4 rings (SSSR count). The number of anilines is 1. The van der Waals surface area contributed by atoms with Gasteiger partial charge in [0.05, 0.1) is 12.6 Å². The van der Waals surface area contributed by atoms with Crippen molar-refractivity contribution in [2.75, 3.05) is 19.0 Å². The van der Waals surface area contributed by atoms with Crippen molar-refractivity contribution in [1.29, 1.82) is 0 Å². The van der Waals surface area contributed by atoms with Crippen LogP contribution in [0.4, 0.5) is 5.69 Å². The normalized spacial score (nSPS) is 14.2. The lowest BCUT2D eigenvalue weighted by atomic mass is 9.85. The SMILES string of the molecule is COc1ccc(Cl)cc1-c1ccc2c(c1COc1ccccc1CCO)C(C)=CC(C)(C)N2. The first-order chi connectivity index (χ1) is 15.8.